The van der Waals surface area contributed by atoms with E-state index in [-0.39, 0.29) is 21.2 Å². The highest BCUT2D eigenvalue weighted by molar-refractivity contribution is 9.10. The molecule has 0 aliphatic rings. The molecule has 2 aromatic rings. The first kappa shape index (κ1) is 16.7. The molecule has 6 heteroatoms. The summed E-state index contributed by atoms with van der Waals surface area (Å²) in [5.74, 6) is -1.15. The molecular formula is C15H12BrCl2F2N. The molecule has 0 saturated carbocycles. The monoisotopic (exact) mass is 393 g/mol. The standard InChI is InChI=1S/C15H12BrCl2F2N/c1-2-21-15(8-4-3-5-11(17)13(8)19)9-6-7-10(16)12(18)14(9)20/h3-7,15,21H,2H2,1H3. The number of hydrogen-bond donors (Lipinski definition) is 1. The first-order valence-corrected chi connectivity index (χ1v) is 7.83. The summed E-state index contributed by atoms with van der Waals surface area (Å²) in [6, 6.07) is 7.19. The van der Waals surface area contributed by atoms with Crippen LogP contribution in [-0.4, -0.2) is 6.54 Å². The van der Waals surface area contributed by atoms with Gasteiger partial charge in [-0.05, 0) is 34.6 Å². The molecule has 1 unspecified atom stereocenters. The van der Waals surface area contributed by atoms with Crippen LogP contribution in [0.4, 0.5) is 8.78 Å². The Morgan fingerprint density at radius 3 is 2.43 bits per heavy atom. The molecule has 1 N–H and O–H groups in total. The fourth-order valence-corrected chi connectivity index (χ4v) is 2.76. The minimum absolute atomic E-state index is 0.000908. The molecule has 1 nitrogen and oxygen atoms in total. The van der Waals surface area contributed by atoms with Crippen LogP contribution >= 0.6 is 39.1 Å². The average Bonchev–Trinajstić information content (AvgIpc) is 2.46. The minimum atomic E-state index is -0.667. The molecule has 0 spiro atoms. The van der Waals surface area contributed by atoms with E-state index in [1.54, 1.807) is 24.3 Å². The van der Waals surface area contributed by atoms with E-state index in [1.165, 1.54) is 6.07 Å². The second kappa shape index (κ2) is 7.05. The van der Waals surface area contributed by atoms with Gasteiger partial charge in [-0.15, -0.1) is 0 Å². The van der Waals surface area contributed by atoms with Crippen molar-refractivity contribution >= 4 is 39.1 Å². The van der Waals surface area contributed by atoms with Crippen LogP contribution < -0.4 is 5.32 Å². The predicted octanol–water partition coefficient (Wildman–Crippen LogP) is 5.73. The van der Waals surface area contributed by atoms with E-state index in [0.717, 1.165) is 0 Å². The van der Waals surface area contributed by atoms with E-state index >= 15 is 0 Å². The number of halogens is 5. The van der Waals surface area contributed by atoms with E-state index in [1.807, 2.05) is 6.92 Å². The Hall–Kier alpha value is -0.680. The zero-order valence-corrected chi connectivity index (χ0v) is 14.2. The van der Waals surface area contributed by atoms with Crippen molar-refractivity contribution in [1.82, 2.24) is 5.32 Å². The number of hydrogen-bond acceptors (Lipinski definition) is 1. The highest BCUT2D eigenvalue weighted by atomic mass is 79.9. The van der Waals surface area contributed by atoms with Crippen LogP contribution in [0.2, 0.25) is 10.0 Å². The van der Waals surface area contributed by atoms with Gasteiger partial charge in [-0.2, -0.15) is 0 Å². The Morgan fingerprint density at radius 1 is 1.10 bits per heavy atom. The van der Waals surface area contributed by atoms with Crippen LogP contribution in [0.1, 0.15) is 24.1 Å². The number of rotatable bonds is 4. The van der Waals surface area contributed by atoms with Gasteiger partial charge in [0.25, 0.3) is 0 Å². The Bertz CT molecular complexity index is 664. The summed E-state index contributed by atoms with van der Waals surface area (Å²) in [6.07, 6.45) is 0. The molecule has 2 rings (SSSR count). The lowest BCUT2D eigenvalue weighted by molar-refractivity contribution is 0.530. The van der Waals surface area contributed by atoms with Crippen molar-refractivity contribution in [2.45, 2.75) is 13.0 Å². The van der Waals surface area contributed by atoms with Crippen molar-refractivity contribution < 1.29 is 8.78 Å². The molecule has 0 aliphatic heterocycles. The smallest absolute Gasteiger partial charge is 0.148 e. The van der Waals surface area contributed by atoms with Gasteiger partial charge in [0.2, 0.25) is 0 Å². The van der Waals surface area contributed by atoms with Crippen LogP contribution in [0.15, 0.2) is 34.8 Å². The van der Waals surface area contributed by atoms with Crippen molar-refractivity contribution in [2.75, 3.05) is 6.54 Å². The molecule has 0 saturated heterocycles. The molecule has 1 atom stereocenters. The Balaban J connectivity index is 2.59. The molecule has 0 amide bonds. The first-order valence-electron chi connectivity index (χ1n) is 6.28. The average molecular weight is 395 g/mol. The Kier molecular flexibility index (Phi) is 5.60. The third-order valence-electron chi connectivity index (χ3n) is 3.08. The van der Waals surface area contributed by atoms with E-state index < -0.39 is 17.7 Å². The zero-order chi connectivity index (χ0) is 15.6. The van der Waals surface area contributed by atoms with E-state index in [4.69, 9.17) is 23.2 Å². The van der Waals surface area contributed by atoms with Gasteiger partial charge in [-0.1, -0.05) is 48.3 Å². The third kappa shape index (κ3) is 3.39. The SMILES string of the molecule is CCNC(c1cccc(Cl)c1F)c1ccc(Br)c(Cl)c1F. The van der Waals surface area contributed by atoms with Crippen molar-refractivity contribution in [2.24, 2.45) is 0 Å². The van der Waals surface area contributed by atoms with E-state index in [0.29, 0.717) is 11.0 Å². The van der Waals surface area contributed by atoms with E-state index in [2.05, 4.69) is 21.2 Å². The molecular weight excluding hydrogens is 383 g/mol. The largest absolute Gasteiger partial charge is 0.306 e. The van der Waals surface area contributed by atoms with Gasteiger partial charge >= 0.3 is 0 Å². The van der Waals surface area contributed by atoms with Crippen LogP contribution in [0, 0.1) is 11.6 Å². The highest BCUT2D eigenvalue weighted by Gasteiger charge is 2.23. The molecule has 0 radical (unpaired) electrons. The van der Waals surface area contributed by atoms with Gasteiger partial charge < -0.3 is 5.32 Å². The third-order valence-corrected chi connectivity index (χ3v) is 4.63. The number of nitrogens with one attached hydrogen (secondary N) is 1. The summed E-state index contributed by atoms with van der Waals surface area (Å²) in [5.41, 5.74) is 0.549. The van der Waals surface area contributed by atoms with Gasteiger partial charge in [0.05, 0.1) is 16.1 Å². The molecule has 0 aliphatic carbocycles. The van der Waals surface area contributed by atoms with Gasteiger partial charge in [0, 0.05) is 15.6 Å². The van der Waals surface area contributed by atoms with Crippen molar-refractivity contribution in [1.29, 1.82) is 0 Å². The molecule has 2 aromatic carbocycles. The highest BCUT2D eigenvalue weighted by Crippen LogP contribution is 2.34. The lowest BCUT2D eigenvalue weighted by Crippen LogP contribution is -2.24. The lowest BCUT2D eigenvalue weighted by atomic mass is 9.97. The zero-order valence-electron chi connectivity index (χ0n) is 11.1. The van der Waals surface area contributed by atoms with Crippen molar-refractivity contribution in [3.8, 4) is 0 Å². The maximum absolute atomic E-state index is 14.4. The van der Waals surface area contributed by atoms with Crippen LogP contribution in [-0.2, 0) is 0 Å². The first-order chi connectivity index (χ1) is 9.97. The second-order valence-electron chi connectivity index (χ2n) is 4.40. The summed E-state index contributed by atoms with van der Waals surface area (Å²) in [7, 11) is 0. The molecule has 0 aromatic heterocycles. The number of benzene rings is 2. The Labute approximate surface area is 140 Å². The summed E-state index contributed by atoms with van der Waals surface area (Å²) in [4.78, 5) is 0. The summed E-state index contributed by atoms with van der Waals surface area (Å²) >= 11 is 14.9. The maximum atomic E-state index is 14.4. The van der Waals surface area contributed by atoms with Crippen molar-refractivity contribution in [3.63, 3.8) is 0 Å². The Morgan fingerprint density at radius 2 is 1.76 bits per heavy atom. The normalized spacial score (nSPS) is 12.5. The van der Waals surface area contributed by atoms with Crippen LogP contribution in [0.3, 0.4) is 0 Å². The fraction of sp³-hybridized carbons (Fsp3) is 0.200. The molecule has 21 heavy (non-hydrogen) atoms. The fourth-order valence-electron chi connectivity index (χ4n) is 2.10. The van der Waals surface area contributed by atoms with Gasteiger partial charge in [0.1, 0.15) is 11.6 Å². The summed E-state index contributed by atoms with van der Waals surface area (Å²) < 4.78 is 29.1. The van der Waals surface area contributed by atoms with Crippen LogP contribution in [0.25, 0.3) is 0 Å². The molecule has 0 fully saturated rings. The topological polar surface area (TPSA) is 12.0 Å². The lowest BCUT2D eigenvalue weighted by Gasteiger charge is -2.21. The van der Waals surface area contributed by atoms with Crippen molar-refractivity contribution in [3.05, 3.63) is 67.6 Å². The summed E-state index contributed by atoms with van der Waals surface area (Å²) in [5, 5.41) is 3.03. The quantitative estimate of drug-likeness (QED) is 0.652. The maximum Gasteiger partial charge on any atom is 0.148 e. The predicted molar refractivity (Wildman–Crippen MR) is 86.0 cm³/mol. The van der Waals surface area contributed by atoms with Crippen LogP contribution in [0.5, 0.6) is 0 Å². The van der Waals surface area contributed by atoms with Gasteiger partial charge in [0.15, 0.2) is 0 Å². The van der Waals surface area contributed by atoms with Gasteiger partial charge in [-0.25, -0.2) is 8.78 Å². The molecule has 0 heterocycles. The second-order valence-corrected chi connectivity index (χ2v) is 6.04. The summed E-state index contributed by atoms with van der Waals surface area (Å²) in [6.45, 7) is 2.39. The van der Waals surface area contributed by atoms with Gasteiger partial charge in [-0.3, -0.25) is 0 Å². The molecule has 112 valence electrons. The minimum Gasteiger partial charge on any atom is -0.306 e. The van der Waals surface area contributed by atoms with E-state index in [9.17, 15) is 8.78 Å². The molecule has 0 bridgehead atoms.